The van der Waals surface area contributed by atoms with Gasteiger partial charge in [-0.2, -0.15) is 0 Å². The van der Waals surface area contributed by atoms with Crippen molar-refractivity contribution in [1.29, 1.82) is 0 Å². The fraction of sp³-hybridized carbons (Fsp3) is 0.167. The molecule has 0 atom stereocenters. The normalized spacial score (nSPS) is 10.6. The molecule has 76 valence electrons. The predicted molar refractivity (Wildman–Crippen MR) is 66.0 cm³/mol. The molecule has 0 bridgehead atoms. The Morgan fingerprint density at radius 1 is 0.933 bits per heavy atom. The first kappa shape index (κ1) is 10.0. The zero-order valence-corrected chi connectivity index (χ0v) is 10.2. The summed E-state index contributed by atoms with van der Waals surface area (Å²) >= 11 is 0. The van der Waals surface area contributed by atoms with Crippen LogP contribution < -0.4 is 5.19 Å². The maximum absolute atomic E-state index is 4.44. The van der Waals surface area contributed by atoms with Crippen molar-refractivity contribution >= 4 is 14.0 Å². The van der Waals surface area contributed by atoms with E-state index >= 15 is 0 Å². The van der Waals surface area contributed by atoms with Crippen molar-refractivity contribution in [2.75, 3.05) is 0 Å². The van der Waals surface area contributed by atoms with Gasteiger partial charge in [0.15, 0.2) is 0 Å². The highest BCUT2D eigenvalue weighted by Gasteiger charge is 2.02. The third-order valence-corrected chi connectivity index (χ3v) is 4.06. The van der Waals surface area contributed by atoms with E-state index in [0.717, 1.165) is 11.4 Å². The molecular weight excluding hydrogens is 200 g/mol. The summed E-state index contributed by atoms with van der Waals surface area (Å²) < 4.78 is 0. The van der Waals surface area contributed by atoms with Crippen LogP contribution in [0.5, 0.6) is 0 Å². The van der Waals surface area contributed by atoms with Crippen molar-refractivity contribution in [2.24, 2.45) is 0 Å². The standard InChI is InChI=1S/C12H14N2Si/c1-15(2)10-6-7-12(14-9-10)11-5-3-4-8-13-11/h3-9,15H,1-2H3. The van der Waals surface area contributed by atoms with Gasteiger partial charge in [0.1, 0.15) is 0 Å². The fourth-order valence-corrected chi connectivity index (χ4v) is 2.27. The summed E-state index contributed by atoms with van der Waals surface area (Å²) in [6, 6.07) is 10.1. The molecule has 0 aromatic carbocycles. The summed E-state index contributed by atoms with van der Waals surface area (Å²) in [6.45, 7) is 4.61. The van der Waals surface area contributed by atoms with Crippen LogP contribution in [0.3, 0.4) is 0 Å². The molecule has 0 radical (unpaired) electrons. The number of hydrogen-bond acceptors (Lipinski definition) is 2. The molecule has 0 amide bonds. The van der Waals surface area contributed by atoms with E-state index in [9.17, 15) is 0 Å². The second-order valence-electron chi connectivity index (χ2n) is 3.85. The second-order valence-corrected chi connectivity index (χ2v) is 6.82. The van der Waals surface area contributed by atoms with Crippen molar-refractivity contribution in [3.05, 3.63) is 42.7 Å². The van der Waals surface area contributed by atoms with E-state index < -0.39 is 8.80 Å². The largest absolute Gasteiger partial charge is 0.255 e. The number of hydrogen-bond donors (Lipinski definition) is 0. The fourth-order valence-electron chi connectivity index (χ4n) is 1.41. The highest BCUT2D eigenvalue weighted by Crippen LogP contribution is 2.10. The summed E-state index contributed by atoms with van der Waals surface area (Å²) in [5.74, 6) is 0. The van der Waals surface area contributed by atoms with E-state index in [2.05, 4.69) is 35.2 Å². The van der Waals surface area contributed by atoms with E-state index in [1.54, 1.807) is 6.20 Å². The summed E-state index contributed by atoms with van der Waals surface area (Å²) in [7, 11) is -0.726. The first-order valence-electron chi connectivity index (χ1n) is 5.15. The molecule has 3 heteroatoms. The lowest BCUT2D eigenvalue weighted by Gasteiger charge is -2.04. The van der Waals surface area contributed by atoms with Crippen molar-refractivity contribution in [3.63, 3.8) is 0 Å². The lowest BCUT2D eigenvalue weighted by atomic mass is 10.2. The molecule has 15 heavy (non-hydrogen) atoms. The Kier molecular flexibility index (Phi) is 2.92. The molecule has 2 aromatic rings. The van der Waals surface area contributed by atoms with Crippen LogP contribution in [-0.2, 0) is 0 Å². The first-order valence-corrected chi connectivity index (χ1v) is 8.03. The number of aromatic nitrogens is 2. The lowest BCUT2D eigenvalue weighted by molar-refractivity contribution is 1.25. The van der Waals surface area contributed by atoms with Gasteiger partial charge in [0.25, 0.3) is 0 Å². The molecule has 2 aromatic heterocycles. The third-order valence-electron chi connectivity index (χ3n) is 2.38. The quantitative estimate of drug-likeness (QED) is 0.713. The minimum atomic E-state index is -0.726. The Morgan fingerprint density at radius 2 is 1.73 bits per heavy atom. The van der Waals surface area contributed by atoms with Gasteiger partial charge in [-0.1, -0.05) is 25.2 Å². The van der Waals surface area contributed by atoms with Crippen LogP contribution in [0.15, 0.2) is 42.7 Å². The third kappa shape index (κ3) is 2.30. The van der Waals surface area contributed by atoms with Gasteiger partial charge in [-0.05, 0) is 23.4 Å². The molecule has 0 N–H and O–H groups in total. The van der Waals surface area contributed by atoms with Crippen LogP contribution in [0.1, 0.15) is 0 Å². The molecule has 0 aliphatic carbocycles. The van der Waals surface area contributed by atoms with E-state index in [0.29, 0.717) is 0 Å². The first-order chi connectivity index (χ1) is 7.27. The lowest BCUT2D eigenvalue weighted by Crippen LogP contribution is -2.22. The molecule has 2 rings (SSSR count). The summed E-state index contributed by atoms with van der Waals surface area (Å²) in [4.78, 5) is 8.71. The van der Waals surface area contributed by atoms with Gasteiger partial charge in [0.05, 0.1) is 20.2 Å². The minimum absolute atomic E-state index is 0.726. The number of rotatable bonds is 2. The van der Waals surface area contributed by atoms with Gasteiger partial charge in [0, 0.05) is 12.4 Å². The maximum atomic E-state index is 4.44. The number of pyridine rings is 2. The topological polar surface area (TPSA) is 25.8 Å². The van der Waals surface area contributed by atoms with E-state index in [4.69, 9.17) is 0 Å². The molecule has 0 saturated heterocycles. The van der Waals surface area contributed by atoms with Gasteiger partial charge in [-0.15, -0.1) is 0 Å². The number of nitrogens with zero attached hydrogens (tertiary/aromatic N) is 2. The Labute approximate surface area is 91.6 Å². The van der Waals surface area contributed by atoms with E-state index in [1.165, 1.54) is 5.19 Å². The Hall–Kier alpha value is -1.48. The predicted octanol–water partition coefficient (Wildman–Crippen LogP) is 1.84. The molecule has 0 aliphatic rings. The highest BCUT2D eigenvalue weighted by atomic mass is 28.3. The molecule has 0 saturated carbocycles. The average molecular weight is 214 g/mol. The molecule has 2 heterocycles. The molecule has 0 fully saturated rings. The van der Waals surface area contributed by atoms with Gasteiger partial charge in [0.2, 0.25) is 0 Å². The molecule has 0 aliphatic heterocycles. The molecule has 2 nitrogen and oxygen atoms in total. The van der Waals surface area contributed by atoms with Crippen LogP contribution in [0.2, 0.25) is 13.1 Å². The second kappa shape index (κ2) is 4.36. The van der Waals surface area contributed by atoms with Crippen LogP contribution in [0.4, 0.5) is 0 Å². The van der Waals surface area contributed by atoms with Crippen molar-refractivity contribution in [1.82, 2.24) is 9.97 Å². The molecule has 0 spiro atoms. The van der Waals surface area contributed by atoms with Crippen molar-refractivity contribution in [2.45, 2.75) is 13.1 Å². The summed E-state index contributed by atoms with van der Waals surface area (Å²) in [5, 5.41) is 1.40. The molecular formula is C12H14N2Si. The van der Waals surface area contributed by atoms with E-state index in [1.807, 2.05) is 24.4 Å². The van der Waals surface area contributed by atoms with Gasteiger partial charge < -0.3 is 0 Å². The monoisotopic (exact) mass is 214 g/mol. The van der Waals surface area contributed by atoms with Gasteiger partial charge in [-0.25, -0.2) is 0 Å². The van der Waals surface area contributed by atoms with Gasteiger partial charge in [-0.3, -0.25) is 9.97 Å². The summed E-state index contributed by atoms with van der Waals surface area (Å²) in [5.41, 5.74) is 1.89. The van der Waals surface area contributed by atoms with Crippen LogP contribution >= 0.6 is 0 Å². The SMILES string of the molecule is C[SiH](C)c1ccc(-c2ccccn2)nc1. The van der Waals surface area contributed by atoms with Gasteiger partial charge >= 0.3 is 0 Å². The molecule has 0 unspecified atom stereocenters. The van der Waals surface area contributed by atoms with Crippen molar-refractivity contribution in [3.8, 4) is 11.4 Å². The summed E-state index contributed by atoms with van der Waals surface area (Å²) in [6.07, 6.45) is 3.78. The maximum Gasteiger partial charge on any atom is 0.0886 e. The Bertz CT molecular complexity index is 423. The Morgan fingerprint density at radius 3 is 2.27 bits per heavy atom. The van der Waals surface area contributed by atoms with Crippen LogP contribution in [-0.4, -0.2) is 18.8 Å². The average Bonchev–Trinajstić information content (AvgIpc) is 2.30. The zero-order valence-electron chi connectivity index (χ0n) is 9.01. The Balaban J connectivity index is 2.32. The highest BCUT2D eigenvalue weighted by molar-refractivity contribution is 6.70. The zero-order chi connectivity index (χ0) is 10.7. The minimum Gasteiger partial charge on any atom is -0.255 e. The van der Waals surface area contributed by atoms with Crippen LogP contribution in [0.25, 0.3) is 11.4 Å². The van der Waals surface area contributed by atoms with Crippen molar-refractivity contribution < 1.29 is 0 Å². The smallest absolute Gasteiger partial charge is 0.0886 e. The van der Waals surface area contributed by atoms with Crippen LogP contribution in [0, 0.1) is 0 Å². The van der Waals surface area contributed by atoms with E-state index in [-0.39, 0.29) is 0 Å².